The van der Waals surface area contributed by atoms with Crippen LogP contribution in [0.4, 0.5) is 10.2 Å². The van der Waals surface area contributed by atoms with E-state index in [1.54, 1.807) is 4.57 Å². The number of anilines is 1. The second-order valence-electron chi connectivity index (χ2n) is 8.12. The number of nitrogens with zero attached hydrogens (tertiary/aromatic N) is 4. The average molecular weight is 572 g/mol. The van der Waals surface area contributed by atoms with Gasteiger partial charge in [0.1, 0.15) is 11.6 Å². The summed E-state index contributed by atoms with van der Waals surface area (Å²) in [5.41, 5.74) is 8.67. The van der Waals surface area contributed by atoms with Crippen molar-refractivity contribution in [2.75, 3.05) is 18.1 Å². The molecule has 0 saturated heterocycles. The molecule has 32 heavy (non-hydrogen) atoms. The molecular formula is C20H22FIN6O3S. The van der Waals surface area contributed by atoms with Crippen LogP contribution in [0.15, 0.2) is 12.1 Å². The minimum atomic E-state index is -3.36. The zero-order valence-corrected chi connectivity index (χ0v) is 20.1. The van der Waals surface area contributed by atoms with Crippen molar-refractivity contribution in [3.8, 4) is 5.75 Å². The number of hydrogen-bond donors (Lipinski definition) is 2. The van der Waals surface area contributed by atoms with Gasteiger partial charge in [-0.2, -0.15) is 14.4 Å². The number of rotatable bonds is 8. The summed E-state index contributed by atoms with van der Waals surface area (Å²) in [5, 5.41) is 0. The molecule has 3 N–H and O–H groups in total. The first kappa shape index (κ1) is 21.8. The highest BCUT2D eigenvalue weighted by molar-refractivity contribution is 14.1. The Kier molecular flexibility index (Phi) is 5.70. The first-order valence-corrected chi connectivity index (χ1v) is 13.1. The summed E-state index contributed by atoms with van der Waals surface area (Å²) in [6.07, 6.45) is 2.49. The van der Waals surface area contributed by atoms with Crippen molar-refractivity contribution in [2.45, 2.75) is 44.7 Å². The van der Waals surface area contributed by atoms with E-state index in [1.807, 2.05) is 6.07 Å². The zero-order chi connectivity index (χ0) is 22.5. The monoisotopic (exact) mass is 572 g/mol. The van der Waals surface area contributed by atoms with Gasteiger partial charge in [-0.1, -0.05) is 0 Å². The molecule has 1 aliphatic heterocycles. The van der Waals surface area contributed by atoms with Crippen molar-refractivity contribution in [3.63, 3.8) is 0 Å². The quantitative estimate of drug-likeness (QED) is 0.313. The van der Waals surface area contributed by atoms with Crippen LogP contribution in [0.2, 0.25) is 0 Å². The van der Waals surface area contributed by atoms with E-state index in [4.69, 9.17) is 10.5 Å². The van der Waals surface area contributed by atoms with Gasteiger partial charge in [0.05, 0.1) is 12.4 Å². The predicted molar refractivity (Wildman–Crippen MR) is 125 cm³/mol. The highest BCUT2D eigenvalue weighted by atomic mass is 127. The molecule has 2 aliphatic rings. The van der Waals surface area contributed by atoms with E-state index in [-0.39, 0.29) is 23.3 Å². The van der Waals surface area contributed by atoms with E-state index in [2.05, 4.69) is 48.3 Å². The molecule has 0 bridgehead atoms. The van der Waals surface area contributed by atoms with E-state index in [9.17, 15) is 12.8 Å². The van der Waals surface area contributed by atoms with Crippen LogP contribution in [0.5, 0.6) is 5.75 Å². The average Bonchev–Trinajstić information content (AvgIpc) is 3.28. The van der Waals surface area contributed by atoms with Gasteiger partial charge in [0.15, 0.2) is 17.0 Å². The Hall–Kier alpha value is -2.06. The number of nitrogens with two attached hydrogens (primary N) is 1. The summed E-state index contributed by atoms with van der Waals surface area (Å²) in [6.45, 7) is 0.980. The number of nitrogens with one attached hydrogen (secondary N) is 1. The summed E-state index contributed by atoms with van der Waals surface area (Å²) in [6, 6.07) is 4.18. The largest absolute Gasteiger partial charge is 0.493 e. The minimum absolute atomic E-state index is 0.0319. The second-order valence-corrected chi connectivity index (χ2v) is 11.2. The lowest BCUT2D eigenvalue weighted by Crippen LogP contribution is -2.28. The summed E-state index contributed by atoms with van der Waals surface area (Å²) in [7, 11) is -3.36. The third-order valence-electron chi connectivity index (χ3n) is 5.60. The van der Waals surface area contributed by atoms with Gasteiger partial charge in [0.25, 0.3) is 0 Å². The molecule has 1 saturated carbocycles. The van der Waals surface area contributed by atoms with Crippen molar-refractivity contribution in [3.05, 3.63) is 38.7 Å². The second kappa shape index (κ2) is 8.37. The smallest absolute Gasteiger partial charge is 0.312 e. The number of sulfonamides is 1. The Bertz CT molecular complexity index is 1310. The fourth-order valence-electron chi connectivity index (χ4n) is 3.88. The molecule has 0 atom stereocenters. The summed E-state index contributed by atoms with van der Waals surface area (Å²) >= 11 is 2.29. The maximum absolute atomic E-state index is 13.9. The van der Waals surface area contributed by atoms with Crippen LogP contribution in [0.3, 0.4) is 0 Å². The Morgan fingerprint density at radius 2 is 2.09 bits per heavy atom. The number of ether oxygens (including phenoxy) is 1. The molecule has 0 amide bonds. The number of aromatic nitrogens is 4. The van der Waals surface area contributed by atoms with Crippen LogP contribution in [-0.4, -0.2) is 46.3 Å². The Morgan fingerprint density at radius 1 is 1.28 bits per heavy atom. The zero-order valence-electron chi connectivity index (χ0n) is 17.1. The Labute approximate surface area is 198 Å². The lowest BCUT2D eigenvalue weighted by Gasteiger charge is -2.11. The first-order valence-electron chi connectivity index (χ1n) is 10.4. The van der Waals surface area contributed by atoms with Gasteiger partial charge in [0, 0.05) is 29.0 Å². The highest BCUT2D eigenvalue weighted by Gasteiger charge is 2.27. The summed E-state index contributed by atoms with van der Waals surface area (Å²) in [5.74, 6) is 1.42. The fourth-order valence-corrected chi connectivity index (χ4v) is 5.97. The number of nitrogen functional groups attached to an aromatic ring is 1. The SMILES string of the molecule is Nc1nc(F)nc2c1nc(Cc1cc3c(cc1I)CCO3)n2CCCS(=O)(=O)NC1CC1. The van der Waals surface area contributed by atoms with E-state index < -0.39 is 16.1 Å². The van der Waals surface area contributed by atoms with Crippen molar-refractivity contribution in [2.24, 2.45) is 0 Å². The third kappa shape index (κ3) is 4.53. The summed E-state index contributed by atoms with van der Waals surface area (Å²) < 4.78 is 49.6. The van der Waals surface area contributed by atoms with Gasteiger partial charge in [-0.15, -0.1) is 0 Å². The van der Waals surface area contributed by atoms with Gasteiger partial charge in [-0.05, 0) is 65.1 Å². The van der Waals surface area contributed by atoms with Crippen molar-refractivity contribution >= 4 is 49.6 Å². The minimum Gasteiger partial charge on any atom is -0.493 e. The number of halogens is 2. The lowest BCUT2D eigenvalue weighted by atomic mass is 10.1. The number of aryl methyl sites for hydroxylation is 1. The van der Waals surface area contributed by atoms with Crippen LogP contribution in [0, 0.1) is 9.65 Å². The summed E-state index contributed by atoms with van der Waals surface area (Å²) in [4.78, 5) is 12.1. The molecule has 170 valence electrons. The highest BCUT2D eigenvalue weighted by Crippen LogP contribution is 2.31. The van der Waals surface area contributed by atoms with Crippen molar-refractivity contribution < 1.29 is 17.5 Å². The van der Waals surface area contributed by atoms with Gasteiger partial charge < -0.3 is 15.0 Å². The molecule has 0 unspecified atom stereocenters. The molecule has 2 aromatic heterocycles. The van der Waals surface area contributed by atoms with Crippen LogP contribution < -0.4 is 15.2 Å². The van der Waals surface area contributed by atoms with E-state index in [0.717, 1.165) is 34.1 Å². The molecule has 3 aromatic rings. The molecule has 5 rings (SSSR count). The predicted octanol–water partition coefficient (Wildman–Crippen LogP) is 2.15. The lowest BCUT2D eigenvalue weighted by molar-refractivity contribution is 0.356. The molecule has 0 radical (unpaired) electrons. The van der Waals surface area contributed by atoms with Crippen molar-refractivity contribution in [1.29, 1.82) is 0 Å². The molecule has 12 heteroatoms. The van der Waals surface area contributed by atoms with Gasteiger partial charge in [0.2, 0.25) is 10.0 Å². The van der Waals surface area contributed by atoms with Crippen LogP contribution in [-0.2, 0) is 29.4 Å². The fraction of sp³-hybridized carbons (Fsp3) is 0.450. The molecule has 3 heterocycles. The number of benzene rings is 1. The van der Waals surface area contributed by atoms with Crippen LogP contribution >= 0.6 is 22.6 Å². The molecular weight excluding hydrogens is 550 g/mol. The van der Waals surface area contributed by atoms with Gasteiger partial charge in [-0.25, -0.2) is 18.1 Å². The normalized spacial score (nSPS) is 15.8. The molecule has 0 spiro atoms. The number of hydrogen-bond acceptors (Lipinski definition) is 7. The van der Waals surface area contributed by atoms with E-state index in [0.29, 0.717) is 37.3 Å². The Balaban J connectivity index is 1.46. The van der Waals surface area contributed by atoms with E-state index >= 15 is 0 Å². The molecule has 1 aliphatic carbocycles. The third-order valence-corrected chi connectivity index (χ3v) is 8.12. The van der Waals surface area contributed by atoms with Gasteiger partial charge in [-0.3, -0.25) is 0 Å². The molecule has 1 fully saturated rings. The van der Waals surface area contributed by atoms with Crippen LogP contribution in [0.25, 0.3) is 11.2 Å². The standard InChI is InChI=1S/C20H22FIN6O3S/c21-20-25-18(23)17-19(26-20)28(5-1-7-32(29,30)27-13-2-3-13)16(24-17)10-12-9-15-11(4-6-31-15)8-14(12)22/h8-9,13,27H,1-7,10H2,(H2,23,25,26). The molecule has 1 aromatic carbocycles. The van der Waals surface area contributed by atoms with Crippen molar-refractivity contribution in [1.82, 2.24) is 24.2 Å². The van der Waals surface area contributed by atoms with E-state index in [1.165, 1.54) is 5.56 Å². The maximum Gasteiger partial charge on any atom is 0.312 e. The molecule has 9 nitrogen and oxygen atoms in total. The Morgan fingerprint density at radius 3 is 2.88 bits per heavy atom. The first-order chi connectivity index (χ1) is 15.3. The maximum atomic E-state index is 13.9. The number of imidazole rings is 1. The number of fused-ring (bicyclic) bond motifs is 2. The van der Waals surface area contributed by atoms with Crippen LogP contribution in [0.1, 0.15) is 36.2 Å². The van der Waals surface area contributed by atoms with Gasteiger partial charge >= 0.3 is 6.08 Å². The topological polar surface area (TPSA) is 125 Å².